The van der Waals surface area contributed by atoms with Gasteiger partial charge in [-0.1, -0.05) is 59.7 Å². The largest absolute Gasteiger partial charge is 0.438 e. The molecular formula is C25H23N3O2. The fourth-order valence-electron chi connectivity index (χ4n) is 3.51. The summed E-state index contributed by atoms with van der Waals surface area (Å²) < 4.78 is 6.05. The molecule has 30 heavy (non-hydrogen) atoms. The van der Waals surface area contributed by atoms with E-state index in [9.17, 15) is 5.21 Å². The molecule has 0 unspecified atom stereocenters. The minimum absolute atomic E-state index is 0.304. The zero-order chi connectivity index (χ0) is 20.9. The molecule has 0 radical (unpaired) electrons. The van der Waals surface area contributed by atoms with Crippen molar-refractivity contribution >= 4 is 16.6 Å². The minimum Gasteiger partial charge on any atom is -0.438 e. The molecule has 0 spiro atoms. The Balaban J connectivity index is 1.63. The standard InChI is InChI=1S/C25H23N3O2/c1-17-12-18(2)14-19(13-17)16-27-24(28-29)23-8-5-11-26-25(23)30-22-10-9-20-6-3-4-7-21(20)15-22/h3-15,29H,16H2,1-2H3,(H,27,28). The van der Waals surface area contributed by atoms with Crippen molar-refractivity contribution in [2.24, 2.45) is 4.99 Å². The number of benzene rings is 3. The number of aryl methyl sites for hydroxylation is 2. The third-order valence-electron chi connectivity index (χ3n) is 4.77. The number of aromatic nitrogens is 1. The Bertz CT molecular complexity index is 1200. The number of nitrogens with one attached hydrogen (secondary N) is 1. The molecular weight excluding hydrogens is 374 g/mol. The number of ether oxygens (including phenoxy) is 1. The molecule has 0 fully saturated rings. The zero-order valence-corrected chi connectivity index (χ0v) is 17.0. The molecule has 0 saturated heterocycles. The average molecular weight is 397 g/mol. The Morgan fingerprint density at radius 2 is 1.70 bits per heavy atom. The van der Waals surface area contributed by atoms with Crippen molar-refractivity contribution < 1.29 is 9.94 Å². The molecule has 2 N–H and O–H groups in total. The maximum absolute atomic E-state index is 9.73. The van der Waals surface area contributed by atoms with Gasteiger partial charge in [0.15, 0.2) is 5.84 Å². The van der Waals surface area contributed by atoms with Crippen LogP contribution in [0.2, 0.25) is 0 Å². The highest BCUT2D eigenvalue weighted by molar-refractivity contribution is 6.00. The number of hydrogen-bond donors (Lipinski definition) is 2. The van der Waals surface area contributed by atoms with Gasteiger partial charge in [0.2, 0.25) is 5.88 Å². The van der Waals surface area contributed by atoms with Gasteiger partial charge in [0, 0.05) is 6.20 Å². The van der Waals surface area contributed by atoms with Gasteiger partial charge in [-0.25, -0.2) is 4.98 Å². The summed E-state index contributed by atoms with van der Waals surface area (Å²) in [5.74, 6) is 1.34. The molecule has 150 valence electrons. The molecule has 0 saturated carbocycles. The Morgan fingerprint density at radius 1 is 0.933 bits per heavy atom. The van der Waals surface area contributed by atoms with Crippen molar-refractivity contribution in [3.05, 3.63) is 101 Å². The number of rotatable bonds is 5. The van der Waals surface area contributed by atoms with Crippen LogP contribution in [0.15, 0.2) is 84.0 Å². The van der Waals surface area contributed by atoms with Crippen molar-refractivity contribution in [2.75, 3.05) is 0 Å². The molecule has 4 aromatic rings. The quantitative estimate of drug-likeness (QED) is 0.262. The summed E-state index contributed by atoms with van der Waals surface area (Å²) in [4.78, 5) is 8.90. The van der Waals surface area contributed by atoms with Crippen molar-refractivity contribution in [1.29, 1.82) is 0 Å². The first-order chi connectivity index (χ1) is 14.6. The van der Waals surface area contributed by atoms with Crippen LogP contribution in [0.3, 0.4) is 0 Å². The molecule has 5 heteroatoms. The Hall–Kier alpha value is -3.70. The normalized spacial score (nSPS) is 11.5. The monoisotopic (exact) mass is 397 g/mol. The van der Waals surface area contributed by atoms with Gasteiger partial charge in [-0.05, 0) is 54.4 Å². The first-order valence-electron chi connectivity index (χ1n) is 9.76. The maximum Gasteiger partial charge on any atom is 0.230 e. The molecule has 1 heterocycles. The van der Waals surface area contributed by atoms with Crippen LogP contribution in [-0.4, -0.2) is 16.0 Å². The summed E-state index contributed by atoms with van der Waals surface area (Å²) in [6.45, 7) is 4.54. The van der Waals surface area contributed by atoms with Crippen LogP contribution in [0, 0.1) is 13.8 Å². The molecule has 0 aliphatic carbocycles. The van der Waals surface area contributed by atoms with Gasteiger partial charge in [-0.2, -0.15) is 0 Å². The van der Waals surface area contributed by atoms with E-state index in [0.29, 0.717) is 29.6 Å². The van der Waals surface area contributed by atoms with Crippen LogP contribution < -0.4 is 10.2 Å². The lowest BCUT2D eigenvalue weighted by Crippen LogP contribution is -2.21. The molecule has 0 atom stereocenters. The van der Waals surface area contributed by atoms with Gasteiger partial charge in [0.1, 0.15) is 5.75 Å². The molecule has 1 aromatic heterocycles. The number of nitrogens with zero attached hydrogens (tertiary/aromatic N) is 2. The minimum atomic E-state index is 0.304. The molecule has 4 rings (SSSR count). The maximum atomic E-state index is 9.73. The Labute approximate surface area is 175 Å². The first kappa shape index (κ1) is 19.6. The average Bonchev–Trinajstić information content (AvgIpc) is 2.74. The number of amidine groups is 1. The fourth-order valence-corrected chi connectivity index (χ4v) is 3.51. The van der Waals surface area contributed by atoms with Crippen LogP contribution in [0.4, 0.5) is 0 Å². The van der Waals surface area contributed by atoms with Crippen LogP contribution in [0.1, 0.15) is 22.3 Å². The van der Waals surface area contributed by atoms with Crippen LogP contribution >= 0.6 is 0 Å². The van der Waals surface area contributed by atoms with E-state index in [2.05, 4.69) is 53.6 Å². The molecule has 0 amide bonds. The molecule has 0 aliphatic rings. The van der Waals surface area contributed by atoms with Gasteiger partial charge in [-0.15, -0.1) is 0 Å². The highest BCUT2D eigenvalue weighted by atomic mass is 16.5. The summed E-state index contributed by atoms with van der Waals surface area (Å²) in [7, 11) is 0. The first-order valence-corrected chi connectivity index (χ1v) is 9.76. The fraction of sp³-hybridized carbons (Fsp3) is 0.120. The van der Waals surface area contributed by atoms with Gasteiger partial charge in [0.25, 0.3) is 0 Å². The van der Waals surface area contributed by atoms with E-state index in [4.69, 9.17) is 4.74 Å². The molecule has 0 aliphatic heterocycles. The highest BCUT2D eigenvalue weighted by Crippen LogP contribution is 2.27. The lowest BCUT2D eigenvalue weighted by atomic mass is 10.1. The highest BCUT2D eigenvalue weighted by Gasteiger charge is 2.12. The van der Waals surface area contributed by atoms with E-state index in [1.165, 1.54) is 11.1 Å². The Morgan fingerprint density at radius 3 is 2.47 bits per heavy atom. The van der Waals surface area contributed by atoms with Crippen molar-refractivity contribution in [3.63, 3.8) is 0 Å². The number of aliphatic imine (C=N–C) groups is 1. The van der Waals surface area contributed by atoms with E-state index in [1.54, 1.807) is 12.3 Å². The number of fused-ring (bicyclic) bond motifs is 1. The van der Waals surface area contributed by atoms with Gasteiger partial charge < -0.3 is 4.74 Å². The predicted molar refractivity (Wildman–Crippen MR) is 119 cm³/mol. The lowest BCUT2D eigenvalue weighted by molar-refractivity contribution is 0.234. The topological polar surface area (TPSA) is 66.7 Å². The molecule has 3 aromatic carbocycles. The predicted octanol–water partition coefficient (Wildman–Crippen LogP) is 5.57. The second-order valence-electron chi connectivity index (χ2n) is 7.24. The van der Waals surface area contributed by atoms with E-state index in [1.807, 2.05) is 42.5 Å². The lowest BCUT2D eigenvalue weighted by Gasteiger charge is -2.12. The van der Waals surface area contributed by atoms with Crippen LogP contribution in [0.5, 0.6) is 11.6 Å². The summed E-state index contributed by atoms with van der Waals surface area (Å²) in [5.41, 5.74) is 6.22. The number of hydrogen-bond acceptors (Lipinski definition) is 4. The third-order valence-corrected chi connectivity index (χ3v) is 4.77. The van der Waals surface area contributed by atoms with Crippen molar-refractivity contribution in [3.8, 4) is 11.6 Å². The number of pyridine rings is 1. The van der Waals surface area contributed by atoms with Gasteiger partial charge in [-0.3, -0.25) is 15.7 Å². The molecule has 5 nitrogen and oxygen atoms in total. The summed E-state index contributed by atoms with van der Waals surface area (Å²) in [6.07, 6.45) is 1.65. The molecule has 0 bridgehead atoms. The van der Waals surface area contributed by atoms with E-state index in [0.717, 1.165) is 16.3 Å². The van der Waals surface area contributed by atoms with Crippen LogP contribution in [-0.2, 0) is 6.54 Å². The summed E-state index contributed by atoms with van der Waals surface area (Å²) in [5, 5.41) is 12.0. The second kappa shape index (κ2) is 8.76. The van der Waals surface area contributed by atoms with Crippen LogP contribution in [0.25, 0.3) is 10.8 Å². The van der Waals surface area contributed by atoms with E-state index < -0.39 is 0 Å². The second-order valence-corrected chi connectivity index (χ2v) is 7.24. The third kappa shape index (κ3) is 4.47. The van der Waals surface area contributed by atoms with Crippen molar-refractivity contribution in [2.45, 2.75) is 20.4 Å². The summed E-state index contributed by atoms with van der Waals surface area (Å²) in [6, 6.07) is 23.8. The Kier molecular flexibility index (Phi) is 5.72. The van der Waals surface area contributed by atoms with Gasteiger partial charge in [0.05, 0.1) is 12.1 Å². The smallest absolute Gasteiger partial charge is 0.230 e. The zero-order valence-electron chi connectivity index (χ0n) is 17.0. The van der Waals surface area contributed by atoms with E-state index in [-0.39, 0.29) is 0 Å². The van der Waals surface area contributed by atoms with E-state index >= 15 is 0 Å². The number of hydroxylamine groups is 1. The van der Waals surface area contributed by atoms with Gasteiger partial charge >= 0.3 is 0 Å². The van der Waals surface area contributed by atoms with Crippen molar-refractivity contribution in [1.82, 2.24) is 10.5 Å². The SMILES string of the molecule is Cc1cc(C)cc(CN=C(NO)c2cccnc2Oc2ccc3ccccc3c2)c1. The summed E-state index contributed by atoms with van der Waals surface area (Å²) >= 11 is 0.